The molecule has 1 aromatic heterocycles. The summed E-state index contributed by atoms with van der Waals surface area (Å²) in [7, 11) is 0. The zero-order valence-corrected chi connectivity index (χ0v) is 11.8. The minimum absolute atomic E-state index is 0.0884. The zero-order valence-electron chi connectivity index (χ0n) is 11.8. The SMILES string of the molecule is Nc1nc(N)nc(COc2ccc(-c3ccccc3)cc2)n1. The van der Waals surface area contributed by atoms with Crippen LogP contribution in [0.3, 0.4) is 0 Å². The van der Waals surface area contributed by atoms with Crippen molar-refractivity contribution >= 4 is 11.9 Å². The fourth-order valence-electron chi connectivity index (χ4n) is 2.04. The highest BCUT2D eigenvalue weighted by molar-refractivity contribution is 5.63. The fourth-order valence-corrected chi connectivity index (χ4v) is 2.04. The number of nitrogens with two attached hydrogens (primary N) is 2. The monoisotopic (exact) mass is 293 g/mol. The molecule has 0 aliphatic rings. The Morgan fingerprint density at radius 1 is 0.727 bits per heavy atom. The first-order valence-electron chi connectivity index (χ1n) is 6.75. The number of benzene rings is 2. The Labute approximate surface area is 127 Å². The molecule has 2 aromatic carbocycles. The molecule has 1 heterocycles. The standard InChI is InChI=1S/C16H15N5O/c17-15-19-14(20-16(18)21-15)10-22-13-8-6-12(7-9-13)11-4-2-1-3-5-11/h1-9H,10H2,(H4,17,18,19,20,21). The average molecular weight is 293 g/mol. The van der Waals surface area contributed by atoms with Gasteiger partial charge < -0.3 is 16.2 Å². The van der Waals surface area contributed by atoms with Crippen molar-refractivity contribution in [2.45, 2.75) is 6.61 Å². The lowest BCUT2D eigenvalue weighted by Gasteiger charge is -2.07. The van der Waals surface area contributed by atoms with E-state index in [1.54, 1.807) is 0 Å². The van der Waals surface area contributed by atoms with E-state index in [0.717, 1.165) is 16.9 Å². The molecule has 0 fully saturated rings. The number of anilines is 2. The third-order valence-electron chi connectivity index (χ3n) is 3.05. The molecular weight excluding hydrogens is 278 g/mol. The summed E-state index contributed by atoms with van der Waals surface area (Å²) >= 11 is 0. The van der Waals surface area contributed by atoms with E-state index in [1.165, 1.54) is 0 Å². The third-order valence-corrected chi connectivity index (χ3v) is 3.05. The van der Waals surface area contributed by atoms with Crippen molar-refractivity contribution < 1.29 is 4.74 Å². The van der Waals surface area contributed by atoms with Gasteiger partial charge in [0.25, 0.3) is 0 Å². The highest BCUT2D eigenvalue weighted by Gasteiger charge is 2.03. The number of hydrogen-bond acceptors (Lipinski definition) is 6. The van der Waals surface area contributed by atoms with Crippen molar-refractivity contribution in [3.63, 3.8) is 0 Å². The summed E-state index contributed by atoms with van der Waals surface area (Å²) < 4.78 is 5.63. The fraction of sp³-hybridized carbons (Fsp3) is 0.0625. The van der Waals surface area contributed by atoms with E-state index in [1.807, 2.05) is 42.5 Å². The Morgan fingerprint density at radius 2 is 1.32 bits per heavy atom. The molecule has 6 heteroatoms. The van der Waals surface area contributed by atoms with E-state index in [4.69, 9.17) is 16.2 Å². The number of rotatable bonds is 4. The molecular formula is C16H15N5O. The average Bonchev–Trinajstić information content (AvgIpc) is 2.53. The summed E-state index contributed by atoms with van der Waals surface area (Å²) in [6.07, 6.45) is 0. The van der Waals surface area contributed by atoms with Gasteiger partial charge in [0.2, 0.25) is 11.9 Å². The summed E-state index contributed by atoms with van der Waals surface area (Å²) in [5.41, 5.74) is 13.3. The van der Waals surface area contributed by atoms with E-state index in [2.05, 4.69) is 27.1 Å². The maximum absolute atomic E-state index is 5.63. The number of aromatic nitrogens is 3. The van der Waals surface area contributed by atoms with Gasteiger partial charge in [-0.25, -0.2) is 0 Å². The van der Waals surface area contributed by atoms with Crippen molar-refractivity contribution in [3.8, 4) is 16.9 Å². The van der Waals surface area contributed by atoms with Crippen LogP contribution in [0.2, 0.25) is 0 Å². The highest BCUT2D eigenvalue weighted by Crippen LogP contribution is 2.22. The van der Waals surface area contributed by atoms with Crippen molar-refractivity contribution in [1.82, 2.24) is 15.0 Å². The number of hydrogen-bond donors (Lipinski definition) is 2. The molecule has 3 aromatic rings. The molecule has 0 saturated heterocycles. The van der Waals surface area contributed by atoms with Gasteiger partial charge in [0.05, 0.1) is 0 Å². The molecule has 110 valence electrons. The number of nitrogens with zero attached hydrogens (tertiary/aromatic N) is 3. The molecule has 3 rings (SSSR count). The van der Waals surface area contributed by atoms with E-state index in [-0.39, 0.29) is 18.5 Å². The molecule has 0 bridgehead atoms. The molecule has 0 radical (unpaired) electrons. The van der Waals surface area contributed by atoms with Gasteiger partial charge in [-0.3, -0.25) is 0 Å². The lowest BCUT2D eigenvalue weighted by molar-refractivity contribution is 0.296. The summed E-state index contributed by atoms with van der Waals surface area (Å²) in [5.74, 6) is 1.30. The molecule has 0 saturated carbocycles. The molecule has 0 unspecified atom stereocenters. The quantitative estimate of drug-likeness (QED) is 0.765. The van der Waals surface area contributed by atoms with E-state index in [0.29, 0.717) is 5.82 Å². The van der Waals surface area contributed by atoms with Gasteiger partial charge in [-0.2, -0.15) is 15.0 Å². The third kappa shape index (κ3) is 3.29. The van der Waals surface area contributed by atoms with Crippen LogP contribution in [0.1, 0.15) is 5.82 Å². The summed E-state index contributed by atoms with van der Waals surface area (Å²) in [6, 6.07) is 17.9. The van der Waals surface area contributed by atoms with Crippen LogP contribution >= 0.6 is 0 Å². The van der Waals surface area contributed by atoms with Gasteiger partial charge in [0.1, 0.15) is 12.4 Å². The molecule has 22 heavy (non-hydrogen) atoms. The predicted octanol–water partition coefficient (Wildman–Crippen LogP) is 2.28. The summed E-state index contributed by atoms with van der Waals surface area (Å²) in [4.78, 5) is 11.6. The first kappa shape index (κ1) is 13.8. The Balaban J connectivity index is 1.69. The normalized spacial score (nSPS) is 10.4. The molecule has 0 aliphatic heterocycles. The van der Waals surface area contributed by atoms with Crippen LogP contribution in [0.15, 0.2) is 54.6 Å². The van der Waals surface area contributed by atoms with Crippen LogP contribution in [0.4, 0.5) is 11.9 Å². The van der Waals surface area contributed by atoms with Crippen molar-refractivity contribution in [2.24, 2.45) is 0 Å². The Bertz CT molecular complexity index is 739. The van der Waals surface area contributed by atoms with E-state index < -0.39 is 0 Å². The van der Waals surface area contributed by atoms with Crippen molar-refractivity contribution in [2.75, 3.05) is 11.5 Å². The molecule has 4 N–H and O–H groups in total. The first-order chi connectivity index (χ1) is 10.7. The lowest BCUT2D eigenvalue weighted by Crippen LogP contribution is -2.09. The molecule has 0 spiro atoms. The minimum Gasteiger partial charge on any atom is -0.486 e. The number of nitrogen functional groups attached to an aromatic ring is 2. The predicted molar refractivity (Wildman–Crippen MR) is 84.9 cm³/mol. The molecule has 0 amide bonds. The minimum atomic E-state index is 0.0884. The van der Waals surface area contributed by atoms with Gasteiger partial charge in [-0.05, 0) is 23.3 Å². The van der Waals surface area contributed by atoms with Gasteiger partial charge >= 0.3 is 0 Å². The topological polar surface area (TPSA) is 99.9 Å². The highest BCUT2D eigenvalue weighted by atomic mass is 16.5. The Hall–Kier alpha value is -3.15. The van der Waals surface area contributed by atoms with Gasteiger partial charge in [0.15, 0.2) is 5.82 Å². The maximum atomic E-state index is 5.63. The van der Waals surface area contributed by atoms with Crippen LogP contribution in [0.5, 0.6) is 5.75 Å². The summed E-state index contributed by atoms with van der Waals surface area (Å²) in [5, 5.41) is 0. The van der Waals surface area contributed by atoms with Gasteiger partial charge in [-0.15, -0.1) is 0 Å². The van der Waals surface area contributed by atoms with Crippen LogP contribution in [-0.4, -0.2) is 15.0 Å². The smallest absolute Gasteiger partial charge is 0.225 e. The molecule has 0 aliphatic carbocycles. The lowest BCUT2D eigenvalue weighted by atomic mass is 10.1. The summed E-state index contributed by atoms with van der Waals surface area (Å²) in [6.45, 7) is 0.182. The van der Waals surface area contributed by atoms with Crippen LogP contribution < -0.4 is 16.2 Å². The van der Waals surface area contributed by atoms with Crippen molar-refractivity contribution in [1.29, 1.82) is 0 Å². The van der Waals surface area contributed by atoms with Crippen LogP contribution in [0, 0.1) is 0 Å². The second kappa shape index (κ2) is 6.09. The van der Waals surface area contributed by atoms with Crippen molar-refractivity contribution in [3.05, 3.63) is 60.4 Å². The Kier molecular flexibility index (Phi) is 3.82. The first-order valence-corrected chi connectivity index (χ1v) is 6.75. The van der Waals surface area contributed by atoms with Crippen LogP contribution in [0.25, 0.3) is 11.1 Å². The maximum Gasteiger partial charge on any atom is 0.225 e. The zero-order chi connectivity index (χ0) is 15.4. The Morgan fingerprint density at radius 3 is 1.95 bits per heavy atom. The second-order valence-corrected chi connectivity index (χ2v) is 4.65. The van der Waals surface area contributed by atoms with Crippen LogP contribution in [-0.2, 0) is 6.61 Å². The molecule has 6 nitrogen and oxygen atoms in total. The van der Waals surface area contributed by atoms with Gasteiger partial charge in [-0.1, -0.05) is 42.5 Å². The van der Waals surface area contributed by atoms with E-state index >= 15 is 0 Å². The number of ether oxygens (including phenoxy) is 1. The molecule has 0 atom stereocenters. The second-order valence-electron chi connectivity index (χ2n) is 4.65. The largest absolute Gasteiger partial charge is 0.486 e. The van der Waals surface area contributed by atoms with E-state index in [9.17, 15) is 0 Å². The van der Waals surface area contributed by atoms with Gasteiger partial charge in [0, 0.05) is 0 Å².